The highest BCUT2D eigenvalue weighted by Gasteiger charge is 2.14. The Morgan fingerprint density at radius 3 is 2.37 bits per heavy atom. The van der Waals surface area contributed by atoms with E-state index in [0.29, 0.717) is 16.7 Å². The molecule has 0 aliphatic heterocycles. The molecule has 27 heavy (non-hydrogen) atoms. The maximum Gasteiger partial charge on any atom is 0.238 e. The number of sulfonamides is 1. The van der Waals surface area contributed by atoms with Crippen molar-refractivity contribution in [3.63, 3.8) is 0 Å². The minimum atomic E-state index is -3.77. The molecule has 0 atom stereocenters. The normalized spacial score (nSPS) is 11.3. The lowest BCUT2D eigenvalue weighted by Crippen LogP contribution is -2.17. The molecule has 11 heteroatoms. The Bertz CT molecular complexity index is 1050. The minimum absolute atomic E-state index is 0.0282. The third kappa shape index (κ3) is 4.64. The number of amides is 1. The van der Waals surface area contributed by atoms with E-state index in [0.717, 1.165) is 17.3 Å². The molecule has 0 unspecified atom stereocenters. The second-order valence-corrected chi connectivity index (χ2v) is 7.95. The fraction of sp³-hybridized carbons (Fsp3) is 0.0625. The molecule has 5 N–H and O–H groups in total. The highest BCUT2D eigenvalue weighted by atomic mass is 32.2. The zero-order valence-corrected chi connectivity index (χ0v) is 15.6. The number of thioether (sulfide) groups is 1. The Morgan fingerprint density at radius 1 is 1.07 bits per heavy atom. The molecule has 140 valence electrons. The van der Waals surface area contributed by atoms with Crippen LogP contribution < -0.4 is 16.3 Å². The summed E-state index contributed by atoms with van der Waals surface area (Å²) < 4.78 is 23.8. The third-order valence-electron chi connectivity index (χ3n) is 3.50. The fourth-order valence-corrected chi connectivity index (χ4v) is 3.39. The fourth-order valence-electron chi connectivity index (χ4n) is 2.21. The standard InChI is InChI=1S/C16H16N6O3S2/c17-22-15(11-4-2-1-3-5-11)20-21-16(22)26-10-14(23)19-12-6-8-13(9-7-12)27(18,24)25/h1-9H,10,17H2,(H,19,23)(H2,18,24,25). The summed E-state index contributed by atoms with van der Waals surface area (Å²) in [5, 5.41) is 16.1. The van der Waals surface area contributed by atoms with Crippen LogP contribution in [0.25, 0.3) is 11.4 Å². The highest BCUT2D eigenvalue weighted by Crippen LogP contribution is 2.21. The third-order valence-corrected chi connectivity index (χ3v) is 5.37. The summed E-state index contributed by atoms with van der Waals surface area (Å²) in [5.41, 5.74) is 1.27. The van der Waals surface area contributed by atoms with Gasteiger partial charge in [0, 0.05) is 11.3 Å². The number of rotatable bonds is 6. The summed E-state index contributed by atoms with van der Waals surface area (Å²) in [6, 6.07) is 14.9. The largest absolute Gasteiger partial charge is 0.335 e. The smallest absolute Gasteiger partial charge is 0.238 e. The van der Waals surface area contributed by atoms with Crippen molar-refractivity contribution >= 4 is 33.4 Å². The summed E-state index contributed by atoms with van der Waals surface area (Å²) in [5.74, 6) is 6.26. The quantitative estimate of drug-likeness (QED) is 0.411. The van der Waals surface area contributed by atoms with Crippen molar-refractivity contribution in [1.29, 1.82) is 0 Å². The molecular weight excluding hydrogens is 388 g/mol. The number of carbonyl (C=O) groups excluding carboxylic acids is 1. The number of anilines is 1. The number of hydrogen-bond acceptors (Lipinski definition) is 7. The van der Waals surface area contributed by atoms with Crippen LogP contribution in [-0.2, 0) is 14.8 Å². The predicted octanol–water partition coefficient (Wildman–Crippen LogP) is 1.04. The molecule has 1 aromatic heterocycles. The van der Waals surface area contributed by atoms with Crippen LogP contribution in [0.15, 0.2) is 64.6 Å². The van der Waals surface area contributed by atoms with Gasteiger partial charge < -0.3 is 11.2 Å². The van der Waals surface area contributed by atoms with E-state index in [1.807, 2.05) is 30.3 Å². The monoisotopic (exact) mass is 404 g/mol. The maximum absolute atomic E-state index is 12.1. The average Bonchev–Trinajstić information content (AvgIpc) is 3.01. The molecule has 0 saturated carbocycles. The first kappa shape index (κ1) is 18.9. The van der Waals surface area contributed by atoms with Crippen molar-refractivity contribution in [3.05, 3.63) is 54.6 Å². The molecule has 0 fully saturated rings. The number of nitrogen functional groups attached to an aromatic ring is 1. The first-order chi connectivity index (χ1) is 12.8. The lowest BCUT2D eigenvalue weighted by Gasteiger charge is -2.06. The maximum atomic E-state index is 12.1. The highest BCUT2D eigenvalue weighted by molar-refractivity contribution is 7.99. The number of nitrogens with two attached hydrogens (primary N) is 2. The van der Waals surface area contributed by atoms with Gasteiger partial charge in [0.15, 0.2) is 5.82 Å². The lowest BCUT2D eigenvalue weighted by atomic mass is 10.2. The van der Waals surface area contributed by atoms with Crippen LogP contribution in [0.2, 0.25) is 0 Å². The second kappa shape index (κ2) is 7.78. The van der Waals surface area contributed by atoms with Crippen molar-refractivity contribution < 1.29 is 13.2 Å². The predicted molar refractivity (Wildman–Crippen MR) is 103 cm³/mol. The van der Waals surface area contributed by atoms with Gasteiger partial charge in [-0.05, 0) is 24.3 Å². The number of primary sulfonamides is 1. The number of aromatic nitrogens is 3. The summed E-state index contributed by atoms with van der Waals surface area (Å²) in [6.07, 6.45) is 0. The Kier molecular flexibility index (Phi) is 5.44. The SMILES string of the molecule is Nn1c(SCC(=O)Nc2ccc(S(N)(=O)=O)cc2)nnc1-c1ccccc1. The van der Waals surface area contributed by atoms with Crippen LogP contribution in [-0.4, -0.2) is 35.0 Å². The molecule has 0 aliphatic rings. The van der Waals surface area contributed by atoms with Crippen LogP contribution in [0.3, 0.4) is 0 Å². The van der Waals surface area contributed by atoms with Gasteiger partial charge in [0.2, 0.25) is 21.1 Å². The summed E-state index contributed by atoms with van der Waals surface area (Å²) >= 11 is 1.13. The number of hydrogen-bond donors (Lipinski definition) is 3. The van der Waals surface area contributed by atoms with Gasteiger partial charge in [-0.3, -0.25) is 4.79 Å². The van der Waals surface area contributed by atoms with Gasteiger partial charge in [-0.15, -0.1) is 10.2 Å². The zero-order valence-electron chi connectivity index (χ0n) is 13.9. The van der Waals surface area contributed by atoms with Gasteiger partial charge >= 0.3 is 0 Å². The zero-order chi connectivity index (χ0) is 19.4. The van der Waals surface area contributed by atoms with E-state index in [-0.39, 0.29) is 16.6 Å². The van der Waals surface area contributed by atoms with Crippen LogP contribution in [0.1, 0.15) is 0 Å². The topological polar surface area (TPSA) is 146 Å². The molecule has 0 aliphatic carbocycles. The molecular formula is C16H16N6O3S2. The van der Waals surface area contributed by atoms with E-state index in [1.54, 1.807) is 0 Å². The first-order valence-electron chi connectivity index (χ1n) is 7.66. The molecule has 1 amide bonds. The molecule has 0 saturated heterocycles. The molecule has 3 rings (SSSR count). The Balaban J connectivity index is 1.61. The number of nitrogens with zero attached hydrogens (tertiary/aromatic N) is 3. The Labute approximate surface area is 159 Å². The van der Waals surface area contributed by atoms with E-state index in [1.165, 1.54) is 28.9 Å². The molecule has 2 aromatic carbocycles. The summed E-state index contributed by atoms with van der Waals surface area (Å²) in [6.45, 7) is 0. The number of carbonyl (C=O) groups is 1. The van der Waals surface area contributed by atoms with Crippen LogP contribution in [0, 0.1) is 0 Å². The van der Waals surface area contributed by atoms with Crippen molar-refractivity contribution in [3.8, 4) is 11.4 Å². The second-order valence-electron chi connectivity index (χ2n) is 5.45. The van der Waals surface area contributed by atoms with E-state index >= 15 is 0 Å². The van der Waals surface area contributed by atoms with Crippen molar-refractivity contribution in [1.82, 2.24) is 14.9 Å². The molecule has 0 bridgehead atoms. The molecule has 1 heterocycles. The van der Waals surface area contributed by atoms with Gasteiger partial charge in [-0.1, -0.05) is 42.1 Å². The average molecular weight is 404 g/mol. The lowest BCUT2D eigenvalue weighted by molar-refractivity contribution is -0.113. The van der Waals surface area contributed by atoms with E-state index in [2.05, 4.69) is 15.5 Å². The van der Waals surface area contributed by atoms with Gasteiger partial charge in [-0.25, -0.2) is 18.2 Å². The van der Waals surface area contributed by atoms with E-state index in [9.17, 15) is 13.2 Å². The molecule has 9 nitrogen and oxygen atoms in total. The minimum Gasteiger partial charge on any atom is -0.335 e. The van der Waals surface area contributed by atoms with Gasteiger partial charge in [-0.2, -0.15) is 0 Å². The summed E-state index contributed by atoms with van der Waals surface area (Å²) in [4.78, 5) is 12.1. The van der Waals surface area contributed by atoms with Crippen molar-refractivity contribution in [2.75, 3.05) is 16.9 Å². The van der Waals surface area contributed by atoms with Crippen LogP contribution in [0.5, 0.6) is 0 Å². The van der Waals surface area contributed by atoms with Crippen molar-refractivity contribution in [2.24, 2.45) is 5.14 Å². The van der Waals surface area contributed by atoms with Crippen LogP contribution in [0.4, 0.5) is 5.69 Å². The van der Waals surface area contributed by atoms with Gasteiger partial charge in [0.05, 0.1) is 10.6 Å². The molecule has 0 spiro atoms. The molecule has 3 aromatic rings. The summed E-state index contributed by atoms with van der Waals surface area (Å²) in [7, 11) is -3.77. The van der Waals surface area contributed by atoms with E-state index < -0.39 is 10.0 Å². The molecule has 0 radical (unpaired) electrons. The first-order valence-corrected chi connectivity index (χ1v) is 10.2. The van der Waals surface area contributed by atoms with Crippen LogP contribution >= 0.6 is 11.8 Å². The Morgan fingerprint density at radius 2 is 1.74 bits per heavy atom. The van der Waals surface area contributed by atoms with Crippen molar-refractivity contribution in [2.45, 2.75) is 10.1 Å². The number of benzene rings is 2. The van der Waals surface area contributed by atoms with Gasteiger partial charge in [0.1, 0.15) is 0 Å². The Hall–Kier alpha value is -2.89. The van der Waals surface area contributed by atoms with E-state index in [4.69, 9.17) is 11.0 Å². The van der Waals surface area contributed by atoms with Gasteiger partial charge in [0.25, 0.3) is 0 Å². The number of nitrogens with one attached hydrogen (secondary N) is 1.